The van der Waals surface area contributed by atoms with Crippen molar-refractivity contribution < 1.29 is 19.1 Å². The maximum atomic E-state index is 12.3. The number of nitrogens with zero attached hydrogens (tertiary/aromatic N) is 1. The van der Waals surface area contributed by atoms with E-state index >= 15 is 0 Å². The number of likely N-dealkylation sites (tertiary alicyclic amines) is 1. The number of hydrogen-bond donors (Lipinski definition) is 0. The highest BCUT2D eigenvalue weighted by Crippen LogP contribution is 2.22. The maximum absolute atomic E-state index is 12.3. The minimum atomic E-state index is -1.13. The highest BCUT2D eigenvalue weighted by molar-refractivity contribution is 6.03. The van der Waals surface area contributed by atoms with Crippen LogP contribution < -0.4 is 0 Å². The van der Waals surface area contributed by atoms with E-state index in [1.54, 1.807) is 20.8 Å². The summed E-state index contributed by atoms with van der Waals surface area (Å²) in [6.45, 7) is 8.58. The third-order valence-corrected chi connectivity index (χ3v) is 3.95. The fourth-order valence-corrected chi connectivity index (χ4v) is 2.30. The second-order valence-electron chi connectivity index (χ2n) is 5.83. The zero-order valence-corrected chi connectivity index (χ0v) is 12.9. The number of esters is 1. The van der Waals surface area contributed by atoms with E-state index in [1.165, 1.54) is 0 Å². The van der Waals surface area contributed by atoms with Gasteiger partial charge in [-0.2, -0.15) is 0 Å². The molecule has 0 spiro atoms. The van der Waals surface area contributed by atoms with E-state index in [9.17, 15) is 14.4 Å². The molecule has 1 rings (SSSR count). The number of Topliss-reactive ketones (excluding diaryl/α,β-unsaturated/α-hetero) is 2. The molecule has 1 aliphatic heterocycles. The van der Waals surface area contributed by atoms with E-state index in [-0.39, 0.29) is 30.6 Å². The lowest BCUT2D eigenvalue weighted by Gasteiger charge is -2.32. The minimum absolute atomic E-state index is 0.0160. The quantitative estimate of drug-likeness (QED) is 0.545. The highest BCUT2D eigenvalue weighted by Gasteiger charge is 2.38. The summed E-state index contributed by atoms with van der Waals surface area (Å²) >= 11 is 0. The maximum Gasteiger partial charge on any atom is 0.319 e. The Balaban J connectivity index is 2.61. The van der Waals surface area contributed by atoms with Gasteiger partial charge < -0.3 is 4.74 Å². The Bertz CT molecular complexity index is 389. The number of piperidine rings is 1. The molecule has 1 atom stereocenters. The molecular formula is C15H25NO4. The van der Waals surface area contributed by atoms with Crippen molar-refractivity contribution in [1.82, 2.24) is 4.90 Å². The molecule has 5 heteroatoms. The molecule has 1 saturated heterocycles. The molecule has 5 nitrogen and oxygen atoms in total. The number of ether oxygens (including phenoxy) is 1. The fraction of sp³-hybridized carbons (Fsp3) is 0.800. The summed E-state index contributed by atoms with van der Waals surface area (Å²) in [6.07, 6.45) is 1.29. The Hall–Kier alpha value is -1.23. The van der Waals surface area contributed by atoms with Gasteiger partial charge in [-0.1, -0.05) is 6.92 Å². The van der Waals surface area contributed by atoms with Crippen LogP contribution in [0.5, 0.6) is 0 Å². The number of carbonyl (C=O) groups excluding carboxylic acids is 3. The van der Waals surface area contributed by atoms with Gasteiger partial charge in [-0.3, -0.25) is 19.3 Å². The predicted molar refractivity (Wildman–Crippen MR) is 75.3 cm³/mol. The third-order valence-electron chi connectivity index (χ3n) is 3.95. The molecule has 0 radical (unpaired) electrons. The van der Waals surface area contributed by atoms with E-state index in [0.29, 0.717) is 19.5 Å². The van der Waals surface area contributed by atoms with Gasteiger partial charge in [0, 0.05) is 25.4 Å². The predicted octanol–water partition coefficient (Wildman–Crippen LogP) is 1.45. The molecule has 0 aliphatic carbocycles. The molecule has 0 N–H and O–H groups in total. The van der Waals surface area contributed by atoms with Gasteiger partial charge in [0.05, 0.1) is 13.2 Å². The van der Waals surface area contributed by atoms with Crippen molar-refractivity contribution in [2.75, 3.05) is 26.2 Å². The van der Waals surface area contributed by atoms with Gasteiger partial charge in [0.15, 0.2) is 5.78 Å². The first-order chi connectivity index (χ1) is 9.32. The van der Waals surface area contributed by atoms with Crippen LogP contribution in [0.4, 0.5) is 0 Å². The zero-order valence-electron chi connectivity index (χ0n) is 12.9. The number of carbonyl (C=O) groups is 3. The molecule has 0 bridgehead atoms. The van der Waals surface area contributed by atoms with Crippen LogP contribution in [0, 0.1) is 11.3 Å². The standard InChI is InChI=1S/C15H25NO4/c1-5-11-9-16(8-7-12(11)17)10-13(18)15(3,4)14(19)20-6-2/h11H,5-10H2,1-4H3. The van der Waals surface area contributed by atoms with E-state index < -0.39 is 11.4 Å². The van der Waals surface area contributed by atoms with E-state index in [0.717, 1.165) is 6.42 Å². The van der Waals surface area contributed by atoms with Crippen molar-refractivity contribution in [3.63, 3.8) is 0 Å². The summed E-state index contributed by atoms with van der Waals surface area (Å²) in [5, 5.41) is 0. The molecule has 0 aromatic carbocycles. The van der Waals surface area contributed by atoms with Gasteiger partial charge in [0.2, 0.25) is 0 Å². The summed E-state index contributed by atoms with van der Waals surface area (Å²) in [5.74, 6) is -0.339. The highest BCUT2D eigenvalue weighted by atomic mass is 16.5. The van der Waals surface area contributed by atoms with Crippen LogP contribution in [-0.2, 0) is 19.1 Å². The van der Waals surface area contributed by atoms with Gasteiger partial charge in [0.1, 0.15) is 11.2 Å². The fourth-order valence-electron chi connectivity index (χ4n) is 2.30. The van der Waals surface area contributed by atoms with Crippen LogP contribution in [0.25, 0.3) is 0 Å². The Morgan fingerprint density at radius 2 is 2.00 bits per heavy atom. The van der Waals surface area contributed by atoms with Crippen molar-refractivity contribution in [3.05, 3.63) is 0 Å². The largest absolute Gasteiger partial charge is 0.465 e. The normalized spacial score (nSPS) is 20.8. The average Bonchev–Trinajstić information content (AvgIpc) is 2.41. The summed E-state index contributed by atoms with van der Waals surface area (Å²) in [7, 11) is 0. The number of rotatable bonds is 6. The molecule has 1 heterocycles. The van der Waals surface area contributed by atoms with Gasteiger partial charge >= 0.3 is 5.97 Å². The lowest BCUT2D eigenvalue weighted by Crippen LogP contribution is -2.47. The van der Waals surface area contributed by atoms with Crippen molar-refractivity contribution in [3.8, 4) is 0 Å². The summed E-state index contributed by atoms with van der Waals surface area (Å²) in [5.41, 5.74) is -1.13. The molecule has 0 saturated carbocycles. The van der Waals surface area contributed by atoms with Crippen molar-refractivity contribution in [1.29, 1.82) is 0 Å². The lowest BCUT2D eigenvalue weighted by atomic mass is 9.86. The van der Waals surface area contributed by atoms with E-state index in [1.807, 2.05) is 11.8 Å². The topological polar surface area (TPSA) is 63.7 Å². The van der Waals surface area contributed by atoms with E-state index in [2.05, 4.69) is 0 Å². The molecule has 0 aromatic rings. The van der Waals surface area contributed by atoms with Crippen molar-refractivity contribution >= 4 is 17.5 Å². The first-order valence-corrected chi connectivity index (χ1v) is 7.28. The smallest absolute Gasteiger partial charge is 0.319 e. The average molecular weight is 283 g/mol. The molecule has 1 unspecified atom stereocenters. The van der Waals surface area contributed by atoms with Crippen molar-refractivity contribution in [2.45, 2.75) is 40.5 Å². The Labute approximate surface area is 120 Å². The van der Waals surface area contributed by atoms with Crippen LogP contribution in [0.15, 0.2) is 0 Å². The second kappa shape index (κ2) is 6.97. The molecule has 1 fully saturated rings. The van der Waals surface area contributed by atoms with Crippen LogP contribution in [-0.4, -0.2) is 48.7 Å². The zero-order chi connectivity index (χ0) is 15.3. The van der Waals surface area contributed by atoms with Crippen LogP contribution in [0.1, 0.15) is 40.5 Å². The number of ketones is 2. The van der Waals surface area contributed by atoms with Crippen LogP contribution in [0.3, 0.4) is 0 Å². The van der Waals surface area contributed by atoms with E-state index in [4.69, 9.17) is 4.74 Å². The lowest BCUT2D eigenvalue weighted by molar-refractivity contribution is -0.158. The molecule has 1 aliphatic rings. The monoisotopic (exact) mass is 283 g/mol. The Morgan fingerprint density at radius 1 is 1.35 bits per heavy atom. The molecule has 0 aromatic heterocycles. The number of hydrogen-bond acceptors (Lipinski definition) is 5. The van der Waals surface area contributed by atoms with Crippen LogP contribution >= 0.6 is 0 Å². The van der Waals surface area contributed by atoms with Gasteiger partial charge in [-0.05, 0) is 27.2 Å². The minimum Gasteiger partial charge on any atom is -0.465 e. The first kappa shape index (κ1) is 16.8. The molecule has 20 heavy (non-hydrogen) atoms. The summed E-state index contributed by atoms with van der Waals surface area (Å²) in [6, 6.07) is 0. The third kappa shape index (κ3) is 3.88. The molecule has 0 amide bonds. The van der Waals surface area contributed by atoms with Gasteiger partial charge in [-0.15, -0.1) is 0 Å². The van der Waals surface area contributed by atoms with Gasteiger partial charge in [0.25, 0.3) is 0 Å². The SMILES string of the molecule is CCOC(=O)C(C)(C)C(=O)CN1CCC(=O)C(CC)C1. The van der Waals surface area contributed by atoms with Crippen molar-refractivity contribution in [2.24, 2.45) is 11.3 Å². The van der Waals surface area contributed by atoms with Gasteiger partial charge in [-0.25, -0.2) is 0 Å². The Kier molecular flexibility index (Phi) is 5.87. The second-order valence-corrected chi connectivity index (χ2v) is 5.83. The van der Waals surface area contributed by atoms with Crippen LogP contribution in [0.2, 0.25) is 0 Å². The summed E-state index contributed by atoms with van der Waals surface area (Å²) in [4.78, 5) is 37.7. The molecular weight excluding hydrogens is 258 g/mol. The molecule has 114 valence electrons. The Morgan fingerprint density at radius 3 is 2.55 bits per heavy atom. The first-order valence-electron chi connectivity index (χ1n) is 7.28. The summed E-state index contributed by atoms with van der Waals surface area (Å²) < 4.78 is 4.94.